The lowest BCUT2D eigenvalue weighted by Crippen LogP contribution is -2.44. The van der Waals surface area contributed by atoms with Gasteiger partial charge in [0, 0.05) is 23.2 Å². The number of benzene rings is 1. The molecular formula is C24H35N3O5. The van der Waals surface area contributed by atoms with Crippen molar-refractivity contribution in [1.82, 2.24) is 4.98 Å². The molecule has 2 rings (SSSR count). The Balaban J connectivity index is 2.59. The Hall–Kier alpha value is -3.03. The summed E-state index contributed by atoms with van der Waals surface area (Å²) in [6, 6.07) is 3.40. The number of phenols is 1. The number of amides is 1. The van der Waals surface area contributed by atoms with E-state index >= 15 is 0 Å². The second kappa shape index (κ2) is 8.84. The summed E-state index contributed by atoms with van der Waals surface area (Å²) >= 11 is 0. The molecule has 0 bridgehead atoms. The SMILES string of the molecule is COc1c(C(=O)Nc2cc(C(C)(C)C)c(O)c(C(C)(C)C)c2)[nH]c(=O)c(CC(C)C)[n+]1[O-]. The van der Waals surface area contributed by atoms with Crippen molar-refractivity contribution < 1.29 is 19.4 Å². The van der Waals surface area contributed by atoms with Gasteiger partial charge in [-0.1, -0.05) is 55.4 Å². The summed E-state index contributed by atoms with van der Waals surface area (Å²) in [7, 11) is 1.27. The molecule has 3 N–H and O–H groups in total. The molecule has 1 heterocycles. The monoisotopic (exact) mass is 445 g/mol. The van der Waals surface area contributed by atoms with E-state index in [4.69, 9.17) is 4.74 Å². The minimum atomic E-state index is -0.690. The van der Waals surface area contributed by atoms with Crippen LogP contribution in [0.15, 0.2) is 16.9 Å². The Labute approximate surface area is 189 Å². The van der Waals surface area contributed by atoms with Gasteiger partial charge in [-0.2, -0.15) is 0 Å². The molecule has 0 radical (unpaired) electrons. The molecule has 0 atom stereocenters. The fourth-order valence-electron chi connectivity index (χ4n) is 3.50. The molecule has 32 heavy (non-hydrogen) atoms. The van der Waals surface area contributed by atoms with Gasteiger partial charge in [0.15, 0.2) is 0 Å². The standard InChI is InChI=1S/C24H35N3O5/c1-13(2)10-17-20(29)26-18(22(32-9)27(17)31)21(30)25-14-11-15(23(3,4)5)19(28)16(12-14)24(6,7)8/h11-13,28H,10H2,1-9H3,(H,25,30)(H,26,29). The average molecular weight is 446 g/mol. The van der Waals surface area contributed by atoms with Crippen LogP contribution in [0.4, 0.5) is 5.69 Å². The third-order valence-electron chi connectivity index (χ3n) is 5.15. The van der Waals surface area contributed by atoms with Gasteiger partial charge < -0.3 is 25.4 Å². The number of H-pyrrole nitrogens is 1. The van der Waals surface area contributed by atoms with E-state index in [0.717, 1.165) is 0 Å². The van der Waals surface area contributed by atoms with Gasteiger partial charge in [-0.05, 0) is 28.9 Å². The van der Waals surface area contributed by atoms with Crippen molar-refractivity contribution >= 4 is 11.6 Å². The van der Waals surface area contributed by atoms with Crippen LogP contribution in [0.3, 0.4) is 0 Å². The smallest absolute Gasteiger partial charge is 0.409 e. The summed E-state index contributed by atoms with van der Waals surface area (Å²) in [5.74, 6) is -0.706. The zero-order valence-corrected chi connectivity index (χ0v) is 20.5. The molecule has 1 aromatic carbocycles. The van der Waals surface area contributed by atoms with Crippen molar-refractivity contribution in [2.24, 2.45) is 5.92 Å². The average Bonchev–Trinajstić information content (AvgIpc) is 2.63. The van der Waals surface area contributed by atoms with Gasteiger partial charge >= 0.3 is 11.4 Å². The number of nitrogens with one attached hydrogen (secondary N) is 2. The molecule has 0 aliphatic carbocycles. The second-order valence-electron chi connectivity index (χ2n) is 10.6. The molecule has 0 spiro atoms. The van der Waals surface area contributed by atoms with Crippen LogP contribution in [0.25, 0.3) is 0 Å². The van der Waals surface area contributed by atoms with E-state index in [-0.39, 0.29) is 46.2 Å². The Morgan fingerprint density at radius 1 is 1.16 bits per heavy atom. The van der Waals surface area contributed by atoms with Gasteiger partial charge in [0.1, 0.15) is 5.75 Å². The first-order valence-corrected chi connectivity index (χ1v) is 10.7. The van der Waals surface area contributed by atoms with Crippen molar-refractivity contribution in [2.75, 3.05) is 12.4 Å². The van der Waals surface area contributed by atoms with Crippen LogP contribution in [0, 0.1) is 11.1 Å². The predicted molar refractivity (Wildman–Crippen MR) is 125 cm³/mol. The Morgan fingerprint density at radius 2 is 1.66 bits per heavy atom. The van der Waals surface area contributed by atoms with Gasteiger partial charge in [0.05, 0.1) is 7.11 Å². The maximum Gasteiger partial charge on any atom is 0.409 e. The number of methoxy groups -OCH3 is 1. The first kappa shape index (κ1) is 25.2. The lowest BCUT2D eigenvalue weighted by Gasteiger charge is -2.28. The van der Waals surface area contributed by atoms with Crippen LogP contribution in [0.2, 0.25) is 0 Å². The van der Waals surface area contributed by atoms with E-state index in [2.05, 4.69) is 10.3 Å². The van der Waals surface area contributed by atoms with Crippen LogP contribution >= 0.6 is 0 Å². The quantitative estimate of drug-likeness (QED) is 0.368. The minimum Gasteiger partial charge on any atom is -0.616 e. The van der Waals surface area contributed by atoms with Crippen LogP contribution in [0.5, 0.6) is 11.6 Å². The molecule has 2 aromatic rings. The third-order valence-corrected chi connectivity index (χ3v) is 5.15. The molecule has 176 valence electrons. The maximum atomic E-state index is 13.1. The highest BCUT2D eigenvalue weighted by Crippen LogP contribution is 2.41. The van der Waals surface area contributed by atoms with Crippen LogP contribution in [-0.2, 0) is 17.3 Å². The molecule has 0 fully saturated rings. The first-order chi connectivity index (χ1) is 14.6. The van der Waals surface area contributed by atoms with Crippen LogP contribution in [-0.4, -0.2) is 23.1 Å². The van der Waals surface area contributed by atoms with E-state index in [9.17, 15) is 19.9 Å². The largest absolute Gasteiger partial charge is 0.616 e. The molecule has 0 aliphatic rings. The Bertz CT molecular complexity index is 1040. The highest BCUT2D eigenvalue weighted by atomic mass is 16.5. The number of carbonyl (C=O) groups excluding carboxylic acids is 1. The van der Waals surface area contributed by atoms with Crippen molar-refractivity contribution in [3.05, 3.63) is 50.2 Å². The molecular weight excluding hydrogens is 410 g/mol. The van der Waals surface area contributed by atoms with Gasteiger partial charge in [0.2, 0.25) is 5.69 Å². The van der Waals surface area contributed by atoms with Crippen molar-refractivity contribution in [3.63, 3.8) is 0 Å². The number of aromatic hydroxyl groups is 1. The van der Waals surface area contributed by atoms with E-state index in [1.165, 1.54) is 7.11 Å². The lowest BCUT2D eigenvalue weighted by atomic mass is 9.79. The lowest BCUT2D eigenvalue weighted by molar-refractivity contribution is -0.622. The molecule has 8 nitrogen and oxygen atoms in total. The van der Waals surface area contributed by atoms with Crippen molar-refractivity contribution in [2.45, 2.75) is 72.6 Å². The number of rotatable bonds is 5. The number of aromatic amines is 1. The number of hydrogen-bond acceptors (Lipinski definition) is 5. The highest BCUT2D eigenvalue weighted by molar-refractivity contribution is 6.04. The number of hydrogen-bond donors (Lipinski definition) is 3. The minimum absolute atomic E-state index is 0.0110. The number of aromatic nitrogens is 2. The summed E-state index contributed by atoms with van der Waals surface area (Å²) in [6.45, 7) is 15.6. The fourth-order valence-corrected chi connectivity index (χ4v) is 3.50. The molecule has 8 heteroatoms. The molecule has 0 unspecified atom stereocenters. The second-order valence-corrected chi connectivity index (χ2v) is 10.6. The van der Waals surface area contributed by atoms with E-state index < -0.39 is 11.5 Å². The summed E-state index contributed by atoms with van der Waals surface area (Å²) in [5, 5.41) is 26.3. The van der Waals surface area contributed by atoms with Crippen molar-refractivity contribution in [3.8, 4) is 11.6 Å². The maximum absolute atomic E-state index is 13.1. The molecule has 0 aliphatic heterocycles. The first-order valence-electron chi connectivity index (χ1n) is 10.7. The Kier molecular flexibility index (Phi) is 6.97. The molecule has 0 saturated heterocycles. The Morgan fingerprint density at radius 3 is 2.06 bits per heavy atom. The summed E-state index contributed by atoms with van der Waals surface area (Å²) < 4.78 is 5.55. The highest BCUT2D eigenvalue weighted by Gasteiger charge is 2.30. The van der Waals surface area contributed by atoms with Crippen LogP contribution < -0.4 is 20.3 Å². The van der Waals surface area contributed by atoms with E-state index in [0.29, 0.717) is 21.5 Å². The number of anilines is 1. The topological polar surface area (TPSA) is 118 Å². The van der Waals surface area contributed by atoms with Gasteiger partial charge in [-0.25, -0.2) is 0 Å². The fraction of sp³-hybridized carbons (Fsp3) is 0.542. The molecule has 1 aromatic heterocycles. The number of carbonyl (C=O) groups is 1. The number of phenolic OH excluding ortho intramolecular Hbond substituents is 1. The number of ether oxygens (including phenoxy) is 1. The normalized spacial score (nSPS) is 12.2. The zero-order valence-electron chi connectivity index (χ0n) is 20.5. The predicted octanol–water partition coefficient (Wildman–Crippen LogP) is 3.77. The molecule has 0 saturated carbocycles. The van der Waals surface area contributed by atoms with Gasteiger partial charge in [-0.3, -0.25) is 9.59 Å². The zero-order chi connectivity index (χ0) is 24.6. The van der Waals surface area contributed by atoms with Crippen LogP contribution in [0.1, 0.15) is 82.7 Å². The number of nitrogens with zero attached hydrogens (tertiary/aromatic N) is 1. The molecule has 1 amide bonds. The van der Waals surface area contributed by atoms with E-state index in [1.807, 2.05) is 55.4 Å². The van der Waals surface area contributed by atoms with E-state index in [1.54, 1.807) is 12.1 Å². The summed E-state index contributed by atoms with van der Waals surface area (Å²) in [4.78, 5) is 28.1. The van der Waals surface area contributed by atoms with Gasteiger partial charge in [0.25, 0.3) is 11.6 Å². The van der Waals surface area contributed by atoms with Crippen molar-refractivity contribution in [1.29, 1.82) is 0 Å². The van der Waals surface area contributed by atoms with Gasteiger partial charge in [-0.15, -0.1) is 4.73 Å². The third kappa shape index (κ3) is 5.23. The summed E-state index contributed by atoms with van der Waals surface area (Å²) in [6.07, 6.45) is 0.249. The summed E-state index contributed by atoms with van der Waals surface area (Å²) in [5.41, 5.74) is 0.121.